The molecule has 4 nitrogen and oxygen atoms in total. The van der Waals surface area contributed by atoms with Gasteiger partial charge < -0.3 is 5.73 Å². The Morgan fingerprint density at radius 1 is 1.27 bits per heavy atom. The van der Waals surface area contributed by atoms with Crippen LogP contribution in [0.25, 0.3) is 0 Å². The number of ketones is 1. The summed E-state index contributed by atoms with van der Waals surface area (Å²) in [5.74, 6) is 0.183. The number of hydrogen-bond acceptors (Lipinski definition) is 4. The van der Waals surface area contributed by atoms with E-state index in [9.17, 15) is 13.2 Å². The average molecular weight is 235 g/mol. The smallest absolute Gasteiger partial charge is 0.147 e. The Bertz CT molecular complexity index is 301. The first kappa shape index (κ1) is 14.6. The Balaban J connectivity index is 3.69. The Morgan fingerprint density at radius 2 is 1.80 bits per heavy atom. The fraction of sp³-hybridized carbons (Fsp3) is 0.900. The van der Waals surface area contributed by atoms with E-state index in [0.717, 1.165) is 0 Å². The van der Waals surface area contributed by atoms with Crippen molar-refractivity contribution in [3.63, 3.8) is 0 Å². The van der Waals surface area contributed by atoms with Crippen molar-refractivity contribution in [2.24, 2.45) is 5.73 Å². The molecule has 0 radical (unpaired) electrons. The molecule has 0 aliphatic heterocycles. The molecule has 0 aromatic heterocycles. The molecule has 5 heteroatoms. The highest BCUT2D eigenvalue weighted by Gasteiger charge is 2.13. The van der Waals surface area contributed by atoms with Crippen LogP contribution in [0.4, 0.5) is 0 Å². The van der Waals surface area contributed by atoms with E-state index in [0.29, 0.717) is 25.7 Å². The quantitative estimate of drug-likeness (QED) is 0.711. The predicted octanol–water partition coefficient (Wildman–Crippen LogP) is 0.898. The Labute approximate surface area is 92.2 Å². The van der Waals surface area contributed by atoms with Crippen LogP contribution in [0.5, 0.6) is 0 Å². The monoisotopic (exact) mass is 235 g/mol. The fourth-order valence-corrected chi connectivity index (χ4v) is 1.79. The van der Waals surface area contributed by atoms with Crippen molar-refractivity contribution in [3.05, 3.63) is 0 Å². The second-order valence-electron chi connectivity index (χ2n) is 4.76. The molecular weight excluding hydrogens is 214 g/mol. The van der Waals surface area contributed by atoms with Crippen LogP contribution < -0.4 is 5.73 Å². The third kappa shape index (κ3) is 11.5. The van der Waals surface area contributed by atoms with Crippen LogP contribution in [0.1, 0.15) is 39.5 Å². The van der Waals surface area contributed by atoms with Gasteiger partial charge in [-0.05, 0) is 26.7 Å². The maximum absolute atomic E-state index is 11.3. The van der Waals surface area contributed by atoms with Crippen LogP contribution in [0, 0.1) is 0 Å². The molecule has 0 aliphatic rings. The largest absolute Gasteiger partial charge is 0.326 e. The van der Waals surface area contributed by atoms with Crippen molar-refractivity contribution in [1.29, 1.82) is 0 Å². The summed E-state index contributed by atoms with van der Waals surface area (Å²) >= 11 is 0. The van der Waals surface area contributed by atoms with Gasteiger partial charge in [-0.3, -0.25) is 4.79 Å². The van der Waals surface area contributed by atoms with Gasteiger partial charge in [-0.15, -0.1) is 0 Å². The number of hydrogen-bond donors (Lipinski definition) is 1. The van der Waals surface area contributed by atoms with E-state index in [-0.39, 0.29) is 17.1 Å². The van der Waals surface area contributed by atoms with Crippen molar-refractivity contribution in [3.8, 4) is 0 Å². The number of rotatable bonds is 7. The van der Waals surface area contributed by atoms with Crippen molar-refractivity contribution < 1.29 is 13.2 Å². The first-order valence-electron chi connectivity index (χ1n) is 5.08. The van der Waals surface area contributed by atoms with Gasteiger partial charge in [0.1, 0.15) is 15.6 Å². The Kier molecular flexibility index (Phi) is 5.45. The lowest BCUT2D eigenvalue weighted by Gasteiger charge is -2.17. The summed E-state index contributed by atoms with van der Waals surface area (Å²) in [5.41, 5.74) is 5.41. The number of carbonyl (C=O) groups excluding carboxylic acids is 1. The van der Waals surface area contributed by atoms with E-state index in [1.165, 1.54) is 6.26 Å². The first-order chi connectivity index (χ1) is 6.60. The highest BCUT2D eigenvalue weighted by Crippen LogP contribution is 2.09. The predicted molar refractivity (Wildman–Crippen MR) is 61.5 cm³/mol. The lowest BCUT2D eigenvalue weighted by Crippen LogP contribution is -2.32. The summed E-state index contributed by atoms with van der Waals surface area (Å²) in [6.45, 7) is 3.74. The van der Waals surface area contributed by atoms with Gasteiger partial charge in [-0.1, -0.05) is 0 Å². The molecule has 90 valence electrons. The molecule has 0 unspecified atom stereocenters. The van der Waals surface area contributed by atoms with E-state index in [4.69, 9.17) is 5.73 Å². The molecule has 15 heavy (non-hydrogen) atoms. The third-order valence-corrected chi connectivity index (χ3v) is 3.05. The van der Waals surface area contributed by atoms with E-state index >= 15 is 0 Å². The van der Waals surface area contributed by atoms with Gasteiger partial charge in [0.2, 0.25) is 0 Å². The second-order valence-corrected chi connectivity index (χ2v) is 7.02. The van der Waals surface area contributed by atoms with Gasteiger partial charge >= 0.3 is 0 Å². The molecule has 0 aromatic carbocycles. The molecule has 0 amide bonds. The molecular formula is C10H21NO3S. The van der Waals surface area contributed by atoms with Crippen LogP contribution in [0.3, 0.4) is 0 Å². The average Bonchev–Trinajstić information content (AvgIpc) is 1.97. The summed E-state index contributed by atoms with van der Waals surface area (Å²) in [7, 11) is -2.94. The number of sulfone groups is 1. The Morgan fingerprint density at radius 3 is 2.20 bits per heavy atom. The van der Waals surface area contributed by atoms with Gasteiger partial charge in [-0.25, -0.2) is 8.42 Å². The number of Topliss-reactive ketones (excluding diaryl/α,β-unsaturated/α-hetero) is 1. The van der Waals surface area contributed by atoms with Crippen LogP contribution in [0.2, 0.25) is 0 Å². The second kappa shape index (κ2) is 5.61. The molecule has 2 N–H and O–H groups in total. The Hall–Kier alpha value is -0.420. The van der Waals surface area contributed by atoms with Crippen LogP contribution in [0.15, 0.2) is 0 Å². The summed E-state index contributed by atoms with van der Waals surface area (Å²) in [4.78, 5) is 11.3. The molecule has 0 fully saturated rings. The normalized spacial score (nSPS) is 12.8. The van der Waals surface area contributed by atoms with E-state index in [1.807, 2.05) is 13.8 Å². The van der Waals surface area contributed by atoms with Gasteiger partial charge in [0, 0.05) is 24.6 Å². The molecule has 0 aromatic rings. The molecule has 0 saturated carbocycles. The fourth-order valence-electron chi connectivity index (χ4n) is 1.12. The zero-order valence-corrected chi connectivity index (χ0v) is 10.6. The first-order valence-corrected chi connectivity index (χ1v) is 7.14. The molecule has 0 bridgehead atoms. The topological polar surface area (TPSA) is 77.2 Å². The zero-order chi connectivity index (χ0) is 12.1. The van der Waals surface area contributed by atoms with Crippen LogP contribution >= 0.6 is 0 Å². The van der Waals surface area contributed by atoms with Gasteiger partial charge in [-0.2, -0.15) is 0 Å². The summed E-state index contributed by atoms with van der Waals surface area (Å²) in [6, 6.07) is 0. The van der Waals surface area contributed by atoms with Crippen molar-refractivity contribution in [2.75, 3.05) is 12.0 Å². The van der Waals surface area contributed by atoms with Crippen molar-refractivity contribution in [1.82, 2.24) is 0 Å². The summed E-state index contributed by atoms with van der Waals surface area (Å²) in [6.07, 6.45) is 3.02. The lowest BCUT2D eigenvalue weighted by atomic mass is 9.97. The lowest BCUT2D eigenvalue weighted by molar-refractivity contribution is -0.119. The molecule has 0 saturated heterocycles. The molecule has 0 spiro atoms. The van der Waals surface area contributed by atoms with Crippen molar-refractivity contribution >= 4 is 15.6 Å². The van der Waals surface area contributed by atoms with E-state index in [2.05, 4.69) is 0 Å². The maximum atomic E-state index is 11.3. The van der Waals surface area contributed by atoms with Crippen LogP contribution in [-0.2, 0) is 14.6 Å². The van der Waals surface area contributed by atoms with Crippen LogP contribution in [-0.4, -0.2) is 31.7 Å². The summed E-state index contributed by atoms with van der Waals surface area (Å²) in [5, 5.41) is 0. The molecule has 0 rings (SSSR count). The molecule has 0 aliphatic carbocycles. The van der Waals surface area contributed by atoms with Gasteiger partial charge in [0.15, 0.2) is 0 Å². The maximum Gasteiger partial charge on any atom is 0.147 e. The van der Waals surface area contributed by atoms with E-state index in [1.54, 1.807) is 0 Å². The highest BCUT2D eigenvalue weighted by molar-refractivity contribution is 7.90. The SMILES string of the molecule is CC(C)(N)CCC(=O)CCCS(C)(=O)=O. The molecule has 0 atom stereocenters. The number of carbonyl (C=O) groups is 1. The minimum atomic E-state index is -2.94. The minimum Gasteiger partial charge on any atom is -0.326 e. The minimum absolute atomic E-state index is 0.0881. The zero-order valence-electron chi connectivity index (χ0n) is 9.75. The summed E-state index contributed by atoms with van der Waals surface area (Å²) < 4.78 is 21.6. The number of nitrogens with two attached hydrogens (primary N) is 1. The standard InChI is InChI=1S/C10H21NO3S/c1-10(2,11)7-6-9(12)5-4-8-15(3,13)14/h4-8,11H2,1-3H3. The molecule has 0 heterocycles. The van der Waals surface area contributed by atoms with Gasteiger partial charge in [0.25, 0.3) is 0 Å². The van der Waals surface area contributed by atoms with Gasteiger partial charge in [0.05, 0.1) is 5.75 Å². The highest BCUT2D eigenvalue weighted by atomic mass is 32.2. The van der Waals surface area contributed by atoms with Crippen molar-refractivity contribution in [2.45, 2.75) is 45.1 Å². The third-order valence-electron chi connectivity index (χ3n) is 2.02. The van der Waals surface area contributed by atoms with E-state index < -0.39 is 9.84 Å².